The van der Waals surface area contributed by atoms with Crippen LogP contribution in [0.4, 0.5) is 0 Å². The van der Waals surface area contributed by atoms with Crippen LogP contribution in [0.25, 0.3) is 0 Å². The van der Waals surface area contributed by atoms with Gasteiger partial charge in [-0.2, -0.15) is 0 Å². The van der Waals surface area contributed by atoms with Crippen LogP contribution in [0.3, 0.4) is 0 Å². The van der Waals surface area contributed by atoms with Gasteiger partial charge in [-0.15, -0.1) is 0 Å². The van der Waals surface area contributed by atoms with Crippen LogP contribution in [0.15, 0.2) is 30.3 Å². The molecule has 0 aliphatic rings. The monoisotopic (exact) mass is 300 g/mol. The van der Waals surface area contributed by atoms with Gasteiger partial charge in [-0.1, -0.05) is 12.1 Å². The summed E-state index contributed by atoms with van der Waals surface area (Å²) in [5.74, 6) is 0.791. The maximum Gasteiger partial charge on any atom is 0.253 e. The second kappa shape index (κ2) is 7.16. The molecule has 2 aromatic rings. The Kier molecular flexibility index (Phi) is 5.26. The molecule has 0 atom stereocenters. The fraction of sp³-hybridized carbons (Fsp3) is 0.389. The van der Waals surface area contributed by atoms with Crippen molar-refractivity contribution in [1.29, 1.82) is 0 Å². The first kappa shape index (κ1) is 16.1. The minimum absolute atomic E-state index is 0.0411. The third kappa shape index (κ3) is 3.70. The minimum Gasteiger partial charge on any atom is -0.492 e. The number of hydrogen-bond acceptors (Lipinski definition) is 2. The lowest BCUT2D eigenvalue weighted by molar-refractivity contribution is 0.0946. The second-order valence-electron chi connectivity index (χ2n) is 5.45. The van der Waals surface area contributed by atoms with Gasteiger partial charge in [-0.3, -0.25) is 4.79 Å². The second-order valence-corrected chi connectivity index (χ2v) is 5.45. The average Bonchev–Trinajstić information content (AvgIpc) is 2.78. The van der Waals surface area contributed by atoms with Crippen molar-refractivity contribution in [3.63, 3.8) is 0 Å². The van der Waals surface area contributed by atoms with Gasteiger partial charge >= 0.3 is 0 Å². The molecule has 0 aliphatic carbocycles. The standard InChI is InChI=1S/C18H24N2O2/c1-5-20-14(3)12-17(15(20)4)18(21)19-9-10-22-16-8-6-7-13(2)11-16/h6-8,11-12H,5,9-10H2,1-4H3,(H,19,21). The number of carbonyl (C=O) groups excluding carboxylic acids is 1. The van der Waals surface area contributed by atoms with Gasteiger partial charge < -0.3 is 14.6 Å². The molecule has 0 saturated heterocycles. The summed E-state index contributed by atoms with van der Waals surface area (Å²) < 4.78 is 7.77. The van der Waals surface area contributed by atoms with E-state index in [-0.39, 0.29) is 5.91 Å². The van der Waals surface area contributed by atoms with Gasteiger partial charge in [0.15, 0.2) is 0 Å². The zero-order valence-corrected chi connectivity index (χ0v) is 13.8. The SMILES string of the molecule is CCn1c(C)cc(C(=O)NCCOc2cccc(C)c2)c1C. The minimum atomic E-state index is -0.0411. The Hall–Kier alpha value is -2.23. The van der Waals surface area contributed by atoms with Crippen LogP contribution >= 0.6 is 0 Å². The molecule has 4 heteroatoms. The van der Waals surface area contributed by atoms with Crippen LogP contribution < -0.4 is 10.1 Å². The van der Waals surface area contributed by atoms with Crippen LogP contribution in [0.2, 0.25) is 0 Å². The molecule has 4 nitrogen and oxygen atoms in total. The molecule has 0 radical (unpaired) electrons. The van der Waals surface area contributed by atoms with Gasteiger partial charge in [0, 0.05) is 17.9 Å². The molecule has 0 fully saturated rings. The van der Waals surface area contributed by atoms with E-state index in [9.17, 15) is 4.79 Å². The number of ether oxygens (including phenoxy) is 1. The molecule has 22 heavy (non-hydrogen) atoms. The summed E-state index contributed by atoms with van der Waals surface area (Å²) in [4.78, 5) is 12.2. The molecule has 0 saturated carbocycles. The number of hydrogen-bond donors (Lipinski definition) is 1. The van der Waals surface area contributed by atoms with Gasteiger partial charge in [0.05, 0.1) is 12.1 Å². The van der Waals surface area contributed by atoms with Gasteiger partial charge in [0.2, 0.25) is 0 Å². The molecule has 2 rings (SSSR count). The highest BCUT2D eigenvalue weighted by Gasteiger charge is 2.14. The zero-order chi connectivity index (χ0) is 16.1. The summed E-state index contributed by atoms with van der Waals surface area (Å²) in [5.41, 5.74) is 4.03. The van der Waals surface area contributed by atoms with E-state index < -0.39 is 0 Å². The fourth-order valence-corrected chi connectivity index (χ4v) is 2.65. The largest absolute Gasteiger partial charge is 0.492 e. The molecule has 1 amide bonds. The first-order chi connectivity index (χ1) is 10.5. The Labute approximate surface area is 132 Å². The van der Waals surface area contributed by atoms with Crippen molar-refractivity contribution in [3.8, 4) is 5.75 Å². The van der Waals surface area contributed by atoms with Gasteiger partial charge in [-0.05, 0) is 51.5 Å². The van der Waals surface area contributed by atoms with Gasteiger partial charge in [-0.25, -0.2) is 0 Å². The topological polar surface area (TPSA) is 43.3 Å². The fourth-order valence-electron chi connectivity index (χ4n) is 2.65. The maximum absolute atomic E-state index is 12.2. The normalized spacial score (nSPS) is 10.5. The third-order valence-corrected chi connectivity index (χ3v) is 3.78. The van der Waals surface area contributed by atoms with Crippen LogP contribution in [-0.2, 0) is 6.54 Å². The lowest BCUT2D eigenvalue weighted by atomic mass is 10.2. The number of aromatic nitrogens is 1. The summed E-state index contributed by atoms with van der Waals surface area (Å²) in [7, 11) is 0. The van der Waals surface area contributed by atoms with Crippen LogP contribution in [0.5, 0.6) is 5.75 Å². The number of benzene rings is 1. The van der Waals surface area contributed by atoms with E-state index in [1.165, 1.54) is 0 Å². The number of carbonyl (C=O) groups is 1. The molecule has 0 unspecified atom stereocenters. The first-order valence-electron chi connectivity index (χ1n) is 7.67. The molecule has 118 valence electrons. The Morgan fingerprint density at radius 3 is 2.64 bits per heavy atom. The molecule has 0 aliphatic heterocycles. The van der Waals surface area contributed by atoms with Crippen molar-refractivity contribution in [2.75, 3.05) is 13.2 Å². The molecule has 1 heterocycles. The van der Waals surface area contributed by atoms with E-state index in [1.807, 2.05) is 51.1 Å². The maximum atomic E-state index is 12.2. The highest BCUT2D eigenvalue weighted by Crippen LogP contribution is 2.15. The predicted molar refractivity (Wildman–Crippen MR) is 88.6 cm³/mol. The average molecular weight is 300 g/mol. The van der Waals surface area contributed by atoms with E-state index in [0.717, 1.165) is 34.8 Å². The van der Waals surface area contributed by atoms with E-state index in [4.69, 9.17) is 4.74 Å². The number of rotatable bonds is 6. The van der Waals surface area contributed by atoms with E-state index in [0.29, 0.717) is 13.2 Å². The summed E-state index contributed by atoms with van der Waals surface area (Å²) in [6.07, 6.45) is 0. The highest BCUT2D eigenvalue weighted by atomic mass is 16.5. The van der Waals surface area contributed by atoms with Crippen LogP contribution in [0.1, 0.15) is 34.2 Å². The van der Waals surface area contributed by atoms with Crippen molar-refractivity contribution < 1.29 is 9.53 Å². The quantitative estimate of drug-likeness (QED) is 0.832. The summed E-state index contributed by atoms with van der Waals surface area (Å²) >= 11 is 0. The smallest absolute Gasteiger partial charge is 0.253 e. The van der Waals surface area contributed by atoms with E-state index in [1.54, 1.807) is 0 Å². The van der Waals surface area contributed by atoms with Crippen LogP contribution in [0, 0.1) is 20.8 Å². The highest BCUT2D eigenvalue weighted by molar-refractivity contribution is 5.95. The number of amides is 1. The molecular weight excluding hydrogens is 276 g/mol. The third-order valence-electron chi connectivity index (χ3n) is 3.78. The Morgan fingerprint density at radius 1 is 1.23 bits per heavy atom. The Bertz CT molecular complexity index is 659. The molecule has 1 N–H and O–H groups in total. The van der Waals surface area contributed by atoms with E-state index >= 15 is 0 Å². The lowest BCUT2D eigenvalue weighted by Gasteiger charge is -2.09. The summed E-state index contributed by atoms with van der Waals surface area (Å²) in [5, 5.41) is 2.91. The molecule has 1 aromatic carbocycles. The van der Waals surface area contributed by atoms with E-state index in [2.05, 4.69) is 16.8 Å². The lowest BCUT2D eigenvalue weighted by Crippen LogP contribution is -2.28. The van der Waals surface area contributed by atoms with Crippen molar-refractivity contribution in [1.82, 2.24) is 9.88 Å². The summed E-state index contributed by atoms with van der Waals surface area (Å²) in [6, 6.07) is 9.83. The Morgan fingerprint density at radius 2 is 2.00 bits per heavy atom. The van der Waals surface area contributed by atoms with Crippen molar-refractivity contribution in [2.45, 2.75) is 34.2 Å². The first-order valence-corrected chi connectivity index (χ1v) is 7.67. The van der Waals surface area contributed by atoms with Gasteiger partial charge in [0.25, 0.3) is 5.91 Å². The molecule has 1 aromatic heterocycles. The van der Waals surface area contributed by atoms with Crippen molar-refractivity contribution >= 4 is 5.91 Å². The molecular formula is C18H24N2O2. The number of aryl methyl sites for hydroxylation is 2. The van der Waals surface area contributed by atoms with Gasteiger partial charge in [0.1, 0.15) is 12.4 Å². The zero-order valence-electron chi connectivity index (χ0n) is 13.8. The Balaban J connectivity index is 1.86. The molecule has 0 bridgehead atoms. The van der Waals surface area contributed by atoms with Crippen LogP contribution in [-0.4, -0.2) is 23.6 Å². The number of nitrogens with one attached hydrogen (secondary N) is 1. The molecule has 0 spiro atoms. The number of nitrogens with zero attached hydrogens (tertiary/aromatic N) is 1. The summed E-state index contributed by atoms with van der Waals surface area (Å²) in [6.45, 7) is 9.93. The van der Waals surface area contributed by atoms with Crippen molar-refractivity contribution in [3.05, 3.63) is 52.8 Å². The predicted octanol–water partition coefficient (Wildman–Crippen LogP) is 3.24. The van der Waals surface area contributed by atoms with Crippen molar-refractivity contribution in [2.24, 2.45) is 0 Å².